The molecule has 4 heterocycles. The Kier molecular flexibility index (Phi) is 10.8. The lowest BCUT2D eigenvalue weighted by Gasteiger charge is -2.21. The van der Waals surface area contributed by atoms with Crippen LogP contribution in [0.1, 0.15) is 69.9 Å². The third kappa shape index (κ3) is 7.69. The van der Waals surface area contributed by atoms with Gasteiger partial charge in [-0.3, -0.25) is 0 Å². The predicted octanol–water partition coefficient (Wildman–Crippen LogP) is 8.60. The molecule has 0 saturated carbocycles. The number of aliphatic hydroxyl groups excluding tert-OH is 1. The van der Waals surface area contributed by atoms with Crippen LogP contribution >= 0.6 is 0 Å². The van der Waals surface area contributed by atoms with E-state index in [1.807, 2.05) is 19.1 Å². The molecular formula is C41H35F4N9O3. The van der Waals surface area contributed by atoms with Crippen LogP contribution in [0, 0.1) is 36.5 Å². The fourth-order valence-electron chi connectivity index (χ4n) is 7.20. The van der Waals surface area contributed by atoms with E-state index in [9.17, 15) is 22.7 Å². The summed E-state index contributed by atoms with van der Waals surface area (Å²) in [5.74, 6) is 0.485. The predicted molar refractivity (Wildman–Crippen MR) is 205 cm³/mol. The number of H-pyrrole nitrogens is 4. The number of nitriles is 2. The van der Waals surface area contributed by atoms with Crippen LogP contribution in [-0.2, 0) is 0 Å². The SMILES string of the molecule is Cc1cc(OC(F)F)c(C(CCCN)c2nc3ccc(C#N)cc3[nH]2)c2cc[nH]c12.Cc1cc(OC(F)F)c(C(O)c2nc3ccc(C#N)cc3[nH]2)c2cc[nH]c12. The van der Waals surface area contributed by atoms with Crippen molar-refractivity contribution in [3.63, 3.8) is 0 Å². The van der Waals surface area contributed by atoms with Crippen molar-refractivity contribution < 1.29 is 32.1 Å². The third-order valence-corrected chi connectivity index (χ3v) is 9.69. The number of rotatable bonds is 11. The van der Waals surface area contributed by atoms with Crippen LogP contribution in [-0.4, -0.2) is 54.8 Å². The Labute approximate surface area is 321 Å². The highest BCUT2D eigenvalue weighted by Gasteiger charge is 2.28. The molecule has 0 aliphatic rings. The summed E-state index contributed by atoms with van der Waals surface area (Å²) in [5.41, 5.74) is 13.2. The molecule has 0 fully saturated rings. The molecule has 7 N–H and O–H groups in total. The Balaban J connectivity index is 0.000000175. The topological polar surface area (TPSA) is 201 Å². The highest BCUT2D eigenvalue weighted by atomic mass is 19.3. The van der Waals surface area contributed by atoms with E-state index in [1.54, 1.807) is 67.8 Å². The Morgan fingerprint density at radius 2 is 1.21 bits per heavy atom. The molecule has 0 saturated heterocycles. The lowest BCUT2D eigenvalue weighted by atomic mass is 9.89. The minimum atomic E-state index is -3.03. The molecule has 4 aromatic heterocycles. The normalized spacial score (nSPS) is 12.6. The molecule has 0 aliphatic carbocycles. The van der Waals surface area contributed by atoms with Gasteiger partial charge < -0.3 is 40.2 Å². The van der Waals surface area contributed by atoms with Crippen LogP contribution < -0.4 is 15.2 Å². The van der Waals surface area contributed by atoms with Gasteiger partial charge in [-0.1, -0.05) is 0 Å². The monoisotopic (exact) mass is 777 g/mol. The zero-order valence-electron chi connectivity index (χ0n) is 30.5. The van der Waals surface area contributed by atoms with Crippen molar-refractivity contribution in [2.75, 3.05) is 6.54 Å². The molecule has 8 rings (SSSR count). The van der Waals surface area contributed by atoms with Crippen LogP contribution in [0.4, 0.5) is 17.6 Å². The van der Waals surface area contributed by atoms with E-state index < -0.39 is 19.3 Å². The van der Waals surface area contributed by atoms with Crippen LogP contribution in [0.2, 0.25) is 0 Å². The van der Waals surface area contributed by atoms with Gasteiger partial charge in [-0.25, -0.2) is 9.97 Å². The van der Waals surface area contributed by atoms with Crippen molar-refractivity contribution in [2.24, 2.45) is 5.73 Å². The molecule has 2 atom stereocenters. The van der Waals surface area contributed by atoms with Gasteiger partial charge in [-0.05, 0) is 105 Å². The number of nitrogens with one attached hydrogen (secondary N) is 4. The molecule has 0 aliphatic heterocycles. The van der Waals surface area contributed by atoms with Gasteiger partial charge in [0, 0.05) is 51.2 Å². The van der Waals surface area contributed by atoms with Crippen LogP contribution in [0.3, 0.4) is 0 Å². The van der Waals surface area contributed by atoms with E-state index in [0.717, 1.165) is 22.0 Å². The number of alkyl halides is 4. The zero-order valence-corrected chi connectivity index (χ0v) is 30.5. The van der Waals surface area contributed by atoms with E-state index in [0.29, 0.717) is 74.9 Å². The first kappa shape index (κ1) is 38.4. The second-order valence-corrected chi connectivity index (χ2v) is 13.3. The number of aryl methyl sites for hydroxylation is 2. The Hall–Kier alpha value is -6.88. The second-order valence-electron chi connectivity index (χ2n) is 13.3. The summed E-state index contributed by atoms with van der Waals surface area (Å²) in [6.07, 6.45) is 3.41. The number of halogens is 4. The molecule has 2 unspecified atom stereocenters. The number of nitrogens with zero attached hydrogens (tertiary/aromatic N) is 4. The largest absolute Gasteiger partial charge is 0.434 e. The lowest BCUT2D eigenvalue weighted by molar-refractivity contribution is -0.0516. The average molecular weight is 778 g/mol. The molecule has 0 radical (unpaired) electrons. The van der Waals surface area contributed by atoms with Crippen LogP contribution in [0.25, 0.3) is 43.9 Å². The van der Waals surface area contributed by atoms with Crippen molar-refractivity contribution in [1.29, 1.82) is 10.5 Å². The first-order valence-corrected chi connectivity index (χ1v) is 17.8. The molecule has 4 aromatic carbocycles. The number of ether oxygens (including phenoxy) is 2. The van der Waals surface area contributed by atoms with Gasteiger partial charge in [0.2, 0.25) is 0 Å². The quantitative estimate of drug-likeness (QED) is 0.0701. The van der Waals surface area contributed by atoms with Gasteiger partial charge >= 0.3 is 13.2 Å². The van der Waals surface area contributed by atoms with E-state index in [1.165, 1.54) is 6.07 Å². The highest BCUT2D eigenvalue weighted by Crippen LogP contribution is 2.42. The summed E-state index contributed by atoms with van der Waals surface area (Å²) < 4.78 is 61.9. The fourth-order valence-corrected chi connectivity index (χ4v) is 7.20. The summed E-state index contributed by atoms with van der Waals surface area (Å²) in [4.78, 5) is 21.5. The molecule has 8 aromatic rings. The van der Waals surface area contributed by atoms with Gasteiger partial charge in [0.1, 0.15) is 29.3 Å². The van der Waals surface area contributed by atoms with Gasteiger partial charge in [-0.2, -0.15) is 28.1 Å². The minimum absolute atomic E-state index is 0.111. The molecule has 57 heavy (non-hydrogen) atoms. The fraction of sp³-hybridized carbons (Fsp3) is 0.220. The Bertz CT molecular complexity index is 2810. The standard InChI is InChI=1S/C22H21F2N5O.C19H14F2N4O2/c1-12-9-18(30-22(23)24)19(14-6-8-27-20(12)14)15(3-2-7-25)21-28-16-5-4-13(11-26)10-17(16)29-21;1-9-6-14(27-19(20)21)15(11-4-5-23-16(9)11)17(26)18-24-12-3-2-10(8-22)7-13(12)25-18/h4-6,8-10,15,22,27H,2-3,7,25H2,1H3,(H,28,29);2-7,17,19,23,26H,1H3,(H,24,25). The van der Waals surface area contributed by atoms with Crippen molar-refractivity contribution in [3.05, 3.63) is 118 Å². The van der Waals surface area contributed by atoms with Gasteiger partial charge in [-0.15, -0.1) is 0 Å². The third-order valence-electron chi connectivity index (χ3n) is 9.69. The maximum Gasteiger partial charge on any atom is 0.387 e. The number of benzene rings is 4. The van der Waals surface area contributed by atoms with Gasteiger partial charge in [0.15, 0.2) is 0 Å². The number of hydrogen-bond donors (Lipinski definition) is 6. The molecular weight excluding hydrogens is 743 g/mol. The van der Waals surface area contributed by atoms with Gasteiger partial charge in [0.25, 0.3) is 0 Å². The smallest absolute Gasteiger partial charge is 0.387 e. The zero-order chi connectivity index (χ0) is 40.4. The Morgan fingerprint density at radius 1 is 0.719 bits per heavy atom. The van der Waals surface area contributed by atoms with E-state index >= 15 is 0 Å². The maximum atomic E-state index is 13.2. The van der Waals surface area contributed by atoms with Crippen molar-refractivity contribution >= 4 is 43.9 Å². The molecule has 290 valence electrons. The van der Waals surface area contributed by atoms with Crippen LogP contribution in [0.5, 0.6) is 11.5 Å². The molecule has 0 amide bonds. The van der Waals surface area contributed by atoms with Crippen molar-refractivity contribution in [2.45, 2.75) is 51.9 Å². The number of hydrogen-bond acceptors (Lipinski definition) is 8. The van der Waals surface area contributed by atoms with Gasteiger partial charge in [0.05, 0.1) is 45.3 Å². The Morgan fingerprint density at radius 3 is 1.72 bits per heavy atom. The lowest BCUT2D eigenvalue weighted by Crippen LogP contribution is -2.12. The minimum Gasteiger partial charge on any atom is -0.434 e. The van der Waals surface area contributed by atoms with E-state index in [4.69, 9.17) is 26.0 Å². The average Bonchev–Trinajstić information content (AvgIpc) is 4.01. The highest BCUT2D eigenvalue weighted by molar-refractivity contribution is 5.90. The molecule has 0 bridgehead atoms. The summed E-state index contributed by atoms with van der Waals surface area (Å²) in [6.45, 7) is -1.90. The van der Waals surface area contributed by atoms with Crippen LogP contribution in [0.15, 0.2) is 73.1 Å². The number of fused-ring (bicyclic) bond motifs is 4. The summed E-state index contributed by atoms with van der Waals surface area (Å²) in [5, 5.41) is 30.5. The maximum absolute atomic E-state index is 13.2. The first-order valence-electron chi connectivity index (χ1n) is 17.8. The summed E-state index contributed by atoms with van der Waals surface area (Å²) in [7, 11) is 0. The molecule has 12 nitrogen and oxygen atoms in total. The van der Waals surface area contributed by atoms with E-state index in [-0.39, 0.29) is 28.8 Å². The number of nitrogens with two attached hydrogens (primary N) is 1. The first-order chi connectivity index (χ1) is 27.5. The van der Waals surface area contributed by atoms with Crippen molar-refractivity contribution in [3.8, 4) is 23.6 Å². The van der Waals surface area contributed by atoms with E-state index in [2.05, 4.69) is 35.7 Å². The number of imidazole rings is 2. The molecule has 0 spiro atoms. The number of aliphatic hydroxyl groups is 1. The molecule has 16 heteroatoms. The van der Waals surface area contributed by atoms with Crippen molar-refractivity contribution in [1.82, 2.24) is 29.9 Å². The number of aromatic nitrogens is 6. The number of aromatic amines is 4. The second kappa shape index (κ2) is 16.1. The summed E-state index contributed by atoms with van der Waals surface area (Å²) >= 11 is 0. The summed E-state index contributed by atoms with van der Waals surface area (Å²) in [6, 6.07) is 20.8.